The first-order chi connectivity index (χ1) is 16.3. The van der Waals surface area contributed by atoms with Crippen LogP contribution >= 0.6 is 0 Å². The minimum absolute atomic E-state index is 0.100. The van der Waals surface area contributed by atoms with Gasteiger partial charge in [-0.1, -0.05) is 24.3 Å². The standard InChI is InChI=1S/C26H25N5O3/c1-30(2)19-9-5-8-18(14-19)25(32)31(3)20-10-4-7-17(13-20)15-27-24-21-11-6-12-22(26(33)34)23(21)28-16-29-24/h4-14,16H,15H2,1-3H3,(H,33,34)(H,27,28,29). The molecule has 1 aromatic heterocycles. The maximum absolute atomic E-state index is 13.1. The highest BCUT2D eigenvalue weighted by atomic mass is 16.4. The largest absolute Gasteiger partial charge is 0.478 e. The normalized spacial score (nSPS) is 10.7. The number of hydrogen-bond donors (Lipinski definition) is 2. The van der Waals surface area contributed by atoms with Crippen molar-refractivity contribution in [1.29, 1.82) is 0 Å². The molecule has 4 rings (SSSR count). The molecule has 0 saturated carbocycles. The van der Waals surface area contributed by atoms with Gasteiger partial charge in [0.15, 0.2) is 0 Å². The molecule has 0 unspecified atom stereocenters. The van der Waals surface area contributed by atoms with E-state index in [2.05, 4.69) is 15.3 Å². The van der Waals surface area contributed by atoms with Gasteiger partial charge < -0.3 is 20.2 Å². The lowest BCUT2D eigenvalue weighted by molar-refractivity contribution is 0.0698. The Labute approximate surface area is 197 Å². The van der Waals surface area contributed by atoms with Gasteiger partial charge in [0.2, 0.25) is 0 Å². The Bertz CT molecular complexity index is 1370. The third-order valence-corrected chi connectivity index (χ3v) is 5.57. The fraction of sp³-hybridized carbons (Fsp3) is 0.154. The third-order valence-electron chi connectivity index (χ3n) is 5.57. The van der Waals surface area contributed by atoms with E-state index in [1.54, 1.807) is 24.1 Å². The second kappa shape index (κ2) is 9.58. The van der Waals surface area contributed by atoms with Crippen LogP contribution in [0.2, 0.25) is 0 Å². The number of aromatic carboxylic acids is 1. The monoisotopic (exact) mass is 455 g/mol. The molecule has 2 N–H and O–H groups in total. The SMILES string of the molecule is CN(C)c1cccc(C(=O)N(C)c2cccc(CNc3ncnc4c(C(=O)O)cccc34)c2)c1. The number of carboxylic acids is 1. The van der Waals surface area contributed by atoms with Crippen molar-refractivity contribution in [3.63, 3.8) is 0 Å². The van der Waals surface area contributed by atoms with Crippen LogP contribution in [-0.4, -0.2) is 48.1 Å². The first-order valence-corrected chi connectivity index (χ1v) is 10.7. The van der Waals surface area contributed by atoms with Crippen LogP contribution in [0, 0.1) is 0 Å². The summed E-state index contributed by atoms with van der Waals surface area (Å²) in [4.78, 5) is 36.6. The number of benzene rings is 3. The van der Waals surface area contributed by atoms with Crippen LogP contribution in [0.15, 0.2) is 73.1 Å². The predicted molar refractivity (Wildman–Crippen MR) is 134 cm³/mol. The molecular weight excluding hydrogens is 430 g/mol. The molecule has 1 amide bonds. The van der Waals surface area contributed by atoms with E-state index in [4.69, 9.17) is 0 Å². The number of carbonyl (C=O) groups is 2. The molecule has 34 heavy (non-hydrogen) atoms. The van der Waals surface area contributed by atoms with E-state index in [0.29, 0.717) is 28.8 Å². The van der Waals surface area contributed by atoms with Crippen molar-refractivity contribution in [3.05, 3.63) is 89.7 Å². The molecule has 0 radical (unpaired) electrons. The topological polar surface area (TPSA) is 98.7 Å². The van der Waals surface area contributed by atoms with Gasteiger partial charge in [-0.3, -0.25) is 4.79 Å². The number of nitrogens with one attached hydrogen (secondary N) is 1. The van der Waals surface area contributed by atoms with Crippen molar-refractivity contribution in [2.24, 2.45) is 0 Å². The minimum Gasteiger partial charge on any atom is -0.478 e. The Balaban J connectivity index is 1.54. The number of nitrogens with zero attached hydrogens (tertiary/aromatic N) is 4. The zero-order valence-electron chi connectivity index (χ0n) is 19.2. The van der Waals surface area contributed by atoms with Crippen LogP contribution in [0.25, 0.3) is 10.9 Å². The summed E-state index contributed by atoms with van der Waals surface area (Å²) in [7, 11) is 5.63. The predicted octanol–water partition coefficient (Wildman–Crippen LogP) is 4.28. The number of amides is 1. The van der Waals surface area contributed by atoms with E-state index in [0.717, 1.165) is 16.9 Å². The van der Waals surface area contributed by atoms with Crippen molar-refractivity contribution < 1.29 is 14.7 Å². The smallest absolute Gasteiger partial charge is 0.337 e. The Kier molecular flexibility index (Phi) is 6.40. The van der Waals surface area contributed by atoms with Crippen LogP contribution in [0.3, 0.4) is 0 Å². The quantitative estimate of drug-likeness (QED) is 0.429. The number of aromatic nitrogens is 2. The second-order valence-electron chi connectivity index (χ2n) is 8.06. The van der Waals surface area contributed by atoms with Gasteiger partial charge in [0.1, 0.15) is 12.1 Å². The molecule has 0 aliphatic rings. The van der Waals surface area contributed by atoms with Crippen molar-refractivity contribution in [2.75, 3.05) is 36.3 Å². The summed E-state index contributed by atoms with van der Waals surface area (Å²) in [6.07, 6.45) is 1.35. The Hall–Kier alpha value is -4.46. The maximum atomic E-state index is 13.1. The molecule has 0 aliphatic carbocycles. The number of carbonyl (C=O) groups excluding carboxylic acids is 1. The molecule has 0 bridgehead atoms. The van der Waals surface area contributed by atoms with Crippen LogP contribution in [0.1, 0.15) is 26.3 Å². The minimum atomic E-state index is -1.04. The van der Waals surface area contributed by atoms with Gasteiger partial charge >= 0.3 is 5.97 Å². The zero-order chi connectivity index (χ0) is 24.2. The third kappa shape index (κ3) is 4.66. The molecule has 0 fully saturated rings. The molecule has 1 heterocycles. The fourth-order valence-electron chi connectivity index (χ4n) is 3.69. The van der Waals surface area contributed by atoms with Crippen molar-refractivity contribution in [1.82, 2.24) is 9.97 Å². The number of rotatable bonds is 7. The van der Waals surface area contributed by atoms with Gasteiger partial charge in [0, 0.05) is 50.0 Å². The van der Waals surface area contributed by atoms with Crippen LogP contribution in [0.5, 0.6) is 0 Å². The van der Waals surface area contributed by atoms with Gasteiger partial charge in [-0.05, 0) is 48.0 Å². The summed E-state index contributed by atoms with van der Waals surface area (Å²) >= 11 is 0. The molecule has 172 valence electrons. The molecule has 0 atom stereocenters. The van der Waals surface area contributed by atoms with E-state index < -0.39 is 5.97 Å². The molecule has 8 heteroatoms. The highest BCUT2D eigenvalue weighted by molar-refractivity contribution is 6.06. The number of fused-ring (bicyclic) bond motifs is 1. The fourth-order valence-corrected chi connectivity index (χ4v) is 3.69. The van der Waals surface area contributed by atoms with E-state index in [9.17, 15) is 14.7 Å². The highest BCUT2D eigenvalue weighted by Crippen LogP contribution is 2.24. The summed E-state index contributed by atoms with van der Waals surface area (Å²) in [5.41, 5.74) is 3.79. The van der Waals surface area contributed by atoms with E-state index in [1.807, 2.05) is 67.5 Å². The average Bonchev–Trinajstić information content (AvgIpc) is 2.86. The Morgan fingerprint density at radius 2 is 1.65 bits per heavy atom. The number of para-hydroxylation sites is 1. The first-order valence-electron chi connectivity index (χ1n) is 10.7. The molecule has 3 aromatic carbocycles. The summed E-state index contributed by atoms with van der Waals surface area (Å²) < 4.78 is 0. The van der Waals surface area contributed by atoms with Crippen LogP contribution < -0.4 is 15.1 Å². The van der Waals surface area contributed by atoms with Gasteiger partial charge in [-0.15, -0.1) is 0 Å². The van der Waals surface area contributed by atoms with Gasteiger partial charge in [-0.25, -0.2) is 14.8 Å². The first kappa shape index (κ1) is 22.7. The summed E-state index contributed by atoms with van der Waals surface area (Å²) in [5.74, 6) is -0.591. The average molecular weight is 456 g/mol. The van der Waals surface area contributed by atoms with Crippen molar-refractivity contribution in [2.45, 2.75) is 6.54 Å². The molecular formula is C26H25N5O3. The number of hydrogen-bond acceptors (Lipinski definition) is 6. The van der Waals surface area contributed by atoms with Gasteiger partial charge in [0.25, 0.3) is 5.91 Å². The molecule has 8 nitrogen and oxygen atoms in total. The van der Waals surface area contributed by atoms with Crippen molar-refractivity contribution in [3.8, 4) is 0 Å². The lowest BCUT2D eigenvalue weighted by Gasteiger charge is -2.20. The van der Waals surface area contributed by atoms with Crippen LogP contribution in [-0.2, 0) is 6.54 Å². The van der Waals surface area contributed by atoms with E-state index in [-0.39, 0.29) is 11.5 Å². The number of anilines is 3. The maximum Gasteiger partial charge on any atom is 0.337 e. The lowest BCUT2D eigenvalue weighted by atomic mass is 10.1. The molecule has 4 aromatic rings. The van der Waals surface area contributed by atoms with Gasteiger partial charge in [0.05, 0.1) is 11.1 Å². The summed E-state index contributed by atoms with van der Waals surface area (Å²) in [6, 6.07) is 20.2. The molecule has 0 saturated heterocycles. The number of carboxylic acid groups (broad SMARTS) is 1. The summed E-state index contributed by atoms with van der Waals surface area (Å²) in [6.45, 7) is 0.440. The van der Waals surface area contributed by atoms with Gasteiger partial charge in [-0.2, -0.15) is 0 Å². The van der Waals surface area contributed by atoms with Crippen molar-refractivity contribution >= 4 is 40.0 Å². The Morgan fingerprint density at radius 3 is 2.41 bits per heavy atom. The van der Waals surface area contributed by atoms with E-state index >= 15 is 0 Å². The Morgan fingerprint density at radius 1 is 0.912 bits per heavy atom. The highest BCUT2D eigenvalue weighted by Gasteiger charge is 2.15. The second-order valence-corrected chi connectivity index (χ2v) is 8.06. The zero-order valence-corrected chi connectivity index (χ0v) is 19.2. The van der Waals surface area contributed by atoms with E-state index in [1.165, 1.54) is 12.4 Å². The van der Waals surface area contributed by atoms with Crippen LogP contribution in [0.4, 0.5) is 17.2 Å². The summed E-state index contributed by atoms with van der Waals surface area (Å²) in [5, 5.41) is 13.3. The lowest BCUT2D eigenvalue weighted by Crippen LogP contribution is -2.26. The molecule has 0 spiro atoms. The molecule has 0 aliphatic heterocycles.